The fourth-order valence-corrected chi connectivity index (χ4v) is 7.70. The maximum Gasteiger partial charge on any atom is 0.335 e. The van der Waals surface area contributed by atoms with E-state index in [4.69, 9.17) is 0 Å². The van der Waals surface area contributed by atoms with Gasteiger partial charge in [0.15, 0.2) is 12.6 Å². The number of phenols is 2. The third-order valence-electron chi connectivity index (χ3n) is 10.4. The van der Waals surface area contributed by atoms with E-state index < -0.39 is 69.6 Å². The van der Waals surface area contributed by atoms with Crippen molar-refractivity contribution < 1.29 is 58.8 Å². The van der Waals surface area contributed by atoms with E-state index in [0.29, 0.717) is 0 Å². The number of carbonyl (C=O) groups excluding carboxylic acids is 6. The Morgan fingerprint density at radius 3 is 1.20 bits per heavy atom. The lowest BCUT2D eigenvalue weighted by atomic mass is 9.80. The number of phenolic OH excluding ortho intramolecular Hbond substituents is 2. The Morgan fingerprint density at radius 1 is 0.550 bits per heavy atom. The zero-order valence-corrected chi connectivity index (χ0v) is 33.0. The molecule has 4 aromatic rings. The van der Waals surface area contributed by atoms with Gasteiger partial charge in [0.2, 0.25) is 23.1 Å². The number of aromatic carboxylic acids is 2. The molecule has 0 bridgehead atoms. The number of Topliss-reactive ketones (excluding diaryl/α,β-unsaturated/α-hetero) is 4. The summed E-state index contributed by atoms with van der Waals surface area (Å²) in [5.74, 6) is -9.69. The fraction of sp³-hybridized carbons (Fsp3) is 0.182. The van der Waals surface area contributed by atoms with Crippen molar-refractivity contribution in [3.63, 3.8) is 0 Å². The molecule has 16 heteroatoms. The SMILES string of the molecule is Cc1c(-c2c(C)c(NNc3cccc(C(=O)O)c3)c3c(c2O)=C(C=O)C(=O)C(=O)C=3C(C)C)c(O)c2c(c1NNc1cccc(C(=O)O)c1)=C(C(C)C)C(=O)C(=O)C=2C=O. The highest BCUT2D eigenvalue weighted by atomic mass is 16.4. The van der Waals surface area contributed by atoms with Crippen LogP contribution >= 0.6 is 0 Å². The van der Waals surface area contributed by atoms with Gasteiger partial charge >= 0.3 is 11.9 Å². The third kappa shape index (κ3) is 6.72. The minimum Gasteiger partial charge on any atom is -0.507 e. The smallest absolute Gasteiger partial charge is 0.335 e. The minimum atomic E-state index is -1.22. The molecule has 0 heterocycles. The van der Waals surface area contributed by atoms with Crippen LogP contribution in [-0.4, -0.2) is 68.1 Å². The summed E-state index contributed by atoms with van der Waals surface area (Å²) in [6.07, 6.45) is 0.243. The maximum atomic E-state index is 13.6. The zero-order chi connectivity index (χ0) is 44.1. The number of anilines is 4. The van der Waals surface area contributed by atoms with E-state index >= 15 is 0 Å². The Morgan fingerprint density at radius 2 is 0.900 bits per heavy atom. The van der Waals surface area contributed by atoms with Gasteiger partial charge in [0.05, 0.1) is 45.0 Å². The molecule has 306 valence electrons. The van der Waals surface area contributed by atoms with Crippen molar-refractivity contribution in [3.05, 3.63) is 91.7 Å². The normalized spacial score (nSPS) is 13.7. The number of aldehydes is 2. The molecule has 8 N–H and O–H groups in total. The van der Waals surface area contributed by atoms with Gasteiger partial charge in [-0.05, 0) is 73.2 Å². The molecule has 0 aromatic heterocycles. The predicted octanol–water partition coefficient (Wildman–Crippen LogP) is 2.27. The Kier molecular flexibility index (Phi) is 11.0. The molecule has 0 amide bonds. The standard InChI is InChI=1S/C44H38N4O12/c1-17(2)27-33-31(25(15-49)37(51)41(27)55)39(53)29(19(5)35(33)47-45-23-11-7-9-21(13-23)43(57)58)30-20(6)36(48-46-24-12-8-10-22(14-24)44(59)60)34-28(18(3)4)42(56)38(52)26(16-50)32(34)40(30)54/h7-18,45-48,53-54H,1-6H3,(H,57,58)(H,59,60). The van der Waals surface area contributed by atoms with Crippen LogP contribution in [0.4, 0.5) is 22.7 Å². The van der Waals surface area contributed by atoms with Crippen molar-refractivity contribution in [3.8, 4) is 22.6 Å². The second kappa shape index (κ2) is 15.8. The van der Waals surface area contributed by atoms with Crippen molar-refractivity contribution in [2.24, 2.45) is 11.8 Å². The number of carboxylic acid groups (broad SMARTS) is 2. The molecular weight excluding hydrogens is 776 g/mol. The Labute approximate surface area is 340 Å². The van der Waals surface area contributed by atoms with Crippen LogP contribution in [0.15, 0.2) is 48.5 Å². The van der Waals surface area contributed by atoms with Gasteiger partial charge in [-0.2, -0.15) is 0 Å². The van der Waals surface area contributed by atoms with E-state index in [-0.39, 0.29) is 101 Å². The van der Waals surface area contributed by atoms with E-state index in [2.05, 4.69) is 21.7 Å². The number of hydrogen-bond acceptors (Lipinski definition) is 14. The molecule has 0 saturated carbocycles. The molecule has 0 radical (unpaired) electrons. The highest BCUT2D eigenvalue weighted by molar-refractivity contribution is 6.69. The second-order valence-electron chi connectivity index (χ2n) is 14.7. The van der Waals surface area contributed by atoms with E-state index in [0.717, 1.165) is 0 Å². The summed E-state index contributed by atoms with van der Waals surface area (Å²) in [7, 11) is 0. The molecule has 4 aromatic carbocycles. The topological polar surface area (TPSA) is 266 Å². The summed E-state index contributed by atoms with van der Waals surface area (Å²) in [5.41, 5.74) is 10.1. The van der Waals surface area contributed by atoms with Crippen LogP contribution in [0.3, 0.4) is 0 Å². The van der Waals surface area contributed by atoms with Crippen LogP contribution < -0.4 is 42.6 Å². The third-order valence-corrected chi connectivity index (χ3v) is 10.4. The molecule has 0 unspecified atom stereocenters. The summed E-state index contributed by atoms with van der Waals surface area (Å²) < 4.78 is 0. The van der Waals surface area contributed by atoms with Gasteiger partial charge in [-0.3, -0.25) is 39.6 Å². The van der Waals surface area contributed by atoms with Crippen molar-refractivity contribution in [2.75, 3.05) is 21.7 Å². The first-order valence-corrected chi connectivity index (χ1v) is 18.4. The summed E-state index contributed by atoms with van der Waals surface area (Å²) >= 11 is 0. The van der Waals surface area contributed by atoms with Crippen LogP contribution in [0.5, 0.6) is 11.5 Å². The van der Waals surface area contributed by atoms with Crippen molar-refractivity contribution in [1.29, 1.82) is 0 Å². The number of fused-ring (bicyclic) bond motifs is 2. The monoisotopic (exact) mass is 814 g/mol. The Bertz CT molecular complexity index is 2750. The first-order chi connectivity index (χ1) is 28.4. The van der Waals surface area contributed by atoms with Gasteiger partial charge in [-0.1, -0.05) is 39.8 Å². The van der Waals surface area contributed by atoms with Gasteiger partial charge < -0.3 is 31.3 Å². The Balaban J connectivity index is 1.82. The van der Waals surface area contributed by atoms with Crippen molar-refractivity contribution >= 4 is 92.7 Å². The summed E-state index contributed by atoms with van der Waals surface area (Å²) in [5, 5.41) is 43.2. The lowest BCUT2D eigenvalue weighted by Crippen LogP contribution is -2.46. The van der Waals surface area contributed by atoms with Crippen LogP contribution in [0.2, 0.25) is 0 Å². The highest BCUT2D eigenvalue weighted by Gasteiger charge is 2.37. The predicted molar refractivity (Wildman–Crippen MR) is 220 cm³/mol. The number of carbonyl (C=O) groups is 8. The maximum absolute atomic E-state index is 13.6. The number of aromatic hydroxyl groups is 2. The molecule has 2 aliphatic rings. The van der Waals surface area contributed by atoms with E-state index in [1.165, 1.54) is 62.4 Å². The first-order valence-electron chi connectivity index (χ1n) is 18.4. The van der Waals surface area contributed by atoms with Gasteiger partial charge in [0, 0.05) is 43.1 Å². The van der Waals surface area contributed by atoms with Gasteiger partial charge in [-0.25, -0.2) is 9.59 Å². The number of rotatable bonds is 13. The van der Waals surface area contributed by atoms with Gasteiger partial charge in [0.25, 0.3) is 0 Å². The van der Waals surface area contributed by atoms with Crippen molar-refractivity contribution in [2.45, 2.75) is 41.5 Å². The van der Waals surface area contributed by atoms with Gasteiger partial charge in [0.1, 0.15) is 11.5 Å². The lowest BCUT2D eigenvalue weighted by Gasteiger charge is -2.27. The fourth-order valence-electron chi connectivity index (χ4n) is 7.70. The minimum absolute atomic E-state index is 0.0114. The molecule has 6 rings (SSSR count). The van der Waals surface area contributed by atoms with Crippen LogP contribution in [0, 0.1) is 25.7 Å². The average molecular weight is 815 g/mol. The number of carboxylic acids is 2. The molecule has 0 fully saturated rings. The summed E-state index contributed by atoms with van der Waals surface area (Å²) in [6.45, 7) is 9.46. The number of ketones is 4. The molecule has 0 atom stereocenters. The molecule has 0 saturated heterocycles. The molecule has 0 aliphatic heterocycles. The number of hydrazine groups is 2. The molecule has 16 nitrogen and oxygen atoms in total. The highest BCUT2D eigenvalue weighted by Crippen LogP contribution is 2.42. The summed E-state index contributed by atoms with van der Waals surface area (Å²) in [4.78, 5) is 103. The number of benzene rings is 4. The lowest BCUT2D eigenvalue weighted by molar-refractivity contribution is -0.130. The first kappa shape index (κ1) is 41.7. The largest absolute Gasteiger partial charge is 0.507 e. The van der Waals surface area contributed by atoms with E-state index in [1.54, 1.807) is 27.7 Å². The zero-order valence-electron chi connectivity index (χ0n) is 33.0. The average Bonchev–Trinajstić information content (AvgIpc) is 3.20. The Hall–Kier alpha value is -7.88. The van der Waals surface area contributed by atoms with Crippen molar-refractivity contribution in [1.82, 2.24) is 0 Å². The van der Waals surface area contributed by atoms with E-state index in [1.807, 2.05) is 0 Å². The van der Waals surface area contributed by atoms with Crippen LogP contribution in [-0.2, 0) is 28.8 Å². The van der Waals surface area contributed by atoms with Crippen LogP contribution in [0.1, 0.15) is 59.5 Å². The molecular formula is C44H38N4O12. The quantitative estimate of drug-likeness (QED) is 0.0416. The van der Waals surface area contributed by atoms with E-state index in [9.17, 15) is 58.8 Å². The number of hydrogen-bond donors (Lipinski definition) is 8. The van der Waals surface area contributed by atoms with Crippen LogP contribution in [0.25, 0.3) is 33.4 Å². The molecule has 0 spiro atoms. The molecule has 2 aliphatic carbocycles. The second-order valence-corrected chi connectivity index (χ2v) is 14.7. The van der Waals surface area contributed by atoms with Gasteiger partial charge in [-0.15, -0.1) is 0 Å². The number of nitrogens with one attached hydrogen (secondary N) is 4. The summed E-state index contributed by atoms with van der Waals surface area (Å²) in [6, 6.07) is 11.3. The molecule has 60 heavy (non-hydrogen) atoms.